The van der Waals surface area contributed by atoms with Crippen LogP contribution in [-0.2, 0) is 0 Å². The van der Waals surface area contributed by atoms with Crippen LogP contribution in [0.15, 0.2) is 11.1 Å². The van der Waals surface area contributed by atoms with Gasteiger partial charge in [-0.15, -0.1) is 0 Å². The molecule has 1 rings (SSSR count). The van der Waals surface area contributed by atoms with Crippen LogP contribution in [0, 0.1) is 17.2 Å². The SMILES string of the molecule is CC1=C(C(C)C)CN(CC#N)C1. The average molecular weight is 164 g/mol. The molecule has 0 radical (unpaired) electrons. The van der Waals surface area contributed by atoms with Gasteiger partial charge < -0.3 is 0 Å². The highest BCUT2D eigenvalue weighted by molar-refractivity contribution is 5.23. The molecule has 0 fully saturated rings. The first-order valence-electron chi connectivity index (χ1n) is 4.43. The van der Waals surface area contributed by atoms with Crippen molar-refractivity contribution in [3.05, 3.63) is 11.1 Å². The Morgan fingerprint density at radius 1 is 1.50 bits per heavy atom. The Labute approximate surface area is 74.5 Å². The zero-order chi connectivity index (χ0) is 9.14. The molecule has 0 aromatic rings. The summed E-state index contributed by atoms with van der Waals surface area (Å²) < 4.78 is 0. The lowest BCUT2D eigenvalue weighted by Crippen LogP contribution is -2.22. The van der Waals surface area contributed by atoms with Crippen LogP contribution in [0.5, 0.6) is 0 Å². The normalized spacial score (nSPS) is 18.9. The lowest BCUT2D eigenvalue weighted by Gasteiger charge is -2.12. The quantitative estimate of drug-likeness (QED) is 0.459. The summed E-state index contributed by atoms with van der Waals surface area (Å²) in [5.74, 6) is 0.633. The zero-order valence-corrected chi connectivity index (χ0v) is 8.09. The van der Waals surface area contributed by atoms with Gasteiger partial charge in [0.15, 0.2) is 0 Å². The van der Waals surface area contributed by atoms with Crippen molar-refractivity contribution in [2.75, 3.05) is 19.6 Å². The van der Waals surface area contributed by atoms with Gasteiger partial charge >= 0.3 is 0 Å². The highest BCUT2D eigenvalue weighted by Gasteiger charge is 2.20. The van der Waals surface area contributed by atoms with Gasteiger partial charge in [0.1, 0.15) is 0 Å². The molecule has 0 spiro atoms. The molecule has 1 aliphatic heterocycles. The summed E-state index contributed by atoms with van der Waals surface area (Å²) >= 11 is 0. The first-order chi connectivity index (χ1) is 5.65. The van der Waals surface area contributed by atoms with E-state index in [0.717, 1.165) is 13.1 Å². The van der Waals surface area contributed by atoms with Gasteiger partial charge in [0.05, 0.1) is 12.6 Å². The van der Waals surface area contributed by atoms with E-state index in [0.29, 0.717) is 12.5 Å². The minimum absolute atomic E-state index is 0.563. The molecular formula is C10H16N2. The van der Waals surface area contributed by atoms with Crippen LogP contribution in [0.2, 0.25) is 0 Å². The van der Waals surface area contributed by atoms with Gasteiger partial charge in [0, 0.05) is 13.1 Å². The second-order valence-corrected chi connectivity index (χ2v) is 3.76. The van der Waals surface area contributed by atoms with Crippen LogP contribution in [0.1, 0.15) is 20.8 Å². The second kappa shape index (κ2) is 3.73. The first-order valence-corrected chi connectivity index (χ1v) is 4.43. The molecule has 1 heterocycles. The maximum absolute atomic E-state index is 8.53. The lowest BCUT2D eigenvalue weighted by atomic mass is 10.0. The molecule has 0 atom stereocenters. The predicted octanol–water partition coefficient (Wildman–Crippen LogP) is 1.80. The van der Waals surface area contributed by atoms with Crippen molar-refractivity contribution in [3.63, 3.8) is 0 Å². The van der Waals surface area contributed by atoms with Crippen LogP contribution in [-0.4, -0.2) is 24.5 Å². The number of hydrogen-bond acceptors (Lipinski definition) is 2. The Bertz CT molecular complexity index is 233. The molecule has 0 bridgehead atoms. The van der Waals surface area contributed by atoms with Crippen molar-refractivity contribution in [1.82, 2.24) is 4.90 Å². The van der Waals surface area contributed by atoms with Crippen molar-refractivity contribution in [3.8, 4) is 6.07 Å². The molecule has 0 saturated carbocycles. The molecule has 0 amide bonds. The largest absolute Gasteiger partial charge is 0.283 e. The molecule has 2 nitrogen and oxygen atoms in total. The molecule has 2 heteroatoms. The average Bonchev–Trinajstić information content (AvgIpc) is 2.32. The summed E-state index contributed by atoms with van der Waals surface area (Å²) in [5.41, 5.74) is 2.98. The second-order valence-electron chi connectivity index (χ2n) is 3.76. The molecule has 1 aliphatic rings. The van der Waals surface area contributed by atoms with Crippen LogP contribution in [0.4, 0.5) is 0 Å². The molecule has 0 aromatic heterocycles. The van der Waals surface area contributed by atoms with E-state index in [1.807, 2.05) is 0 Å². The fourth-order valence-electron chi connectivity index (χ4n) is 1.76. The minimum atomic E-state index is 0.563. The summed E-state index contributed by atoms with van der Waals surface area (Å²) in [4.78, 5) is 2.19. The van der Waals surface area contributed by atoms with Crippen molar-refractivity contribution >= 4 is 0 Å². The monoisotopic (exact) mass is 164 g/mol. The van der Waals surface area contributed by atoms with Crippen molar-refractivity contribution in [2.24, 2.45) is 5.92 Å². The van der Waals surface area contributed by atoms with Crippen molar-refractivity contribution in [2.45, 2.75) is 20.8 Å². The fourth-order valence-corrected chi connectivity index (χ4v) is 1.76. The number of rotatable bonds is 2. The maximum Gasteiger partial charge on any atom is 0.0871 e. The Hall–Kier alpha value is -0.810. The van der Waals surface area contributed by atoms with E-state index in [1.54, 1.807) is 0 Å². The van der Waals surface area contributed by atoms with Crippen LogP contribution in [0.3, 0.4) is 0 Å². The van der Waals surface area contributed by atoms with E-state index in [1.165, 1.54) is 11.1 Å². The lowest BCUT2D eigenvalue weighted by molar-refractivity contribution is 0.381. The van der Waals surface area contributed by atoms with Gasteiger partial charge in [-0.1, -0.05) is 25.0 Å². The van der Waals surface area contributed by atoms with Gasteiger partial charge in [-0.05, 0) is 12.8 Å². The summed E-state index contributed by atoms with van der Waals surface area (Å²) in [6.07, 6.45) is 0. The van der Waals surface area contributed by atoms with Crippen LogP contribution >= 0.6 is 0 Å². The highest BCUT2D eigenvalue weighted by Crippen LogP contribution is 2.22. The van der Waals surface area contributed by atoms with E-state index in [2.05, 4.69) is 31.7 Å². The van der Waals surface area contributed by atoms with E-state index in [-0.39, 0.29) is 0 Å². The van der Waals surface area contributed by atoms with E-state index >= 15 is 0 Å². The Morgan fingerprint density at radius 3 is 2.58 bits per heavy atom. The van der Waals surface area contributed by atoms with Gasteiger partial charge in [-0.3, -0.25) is 4.90 Å². The molecule has 0 N–H and O–H groups in total. The van der Waals surface area contributed by atoms with E-state index in [9.17, 15) is 0 Å². The standard InChI is InChI=1S/C10H16N2/c1-8(2)10-7-12(5-4-11)6-9(10)3/h8H,5-7H2,1-3H3. The third kappa shape index (κ3) is 1.86. The number of nitriles is 1. The Morgan fingerprint density at radius 2 is 2.17 bits per heavy atom. The van der Waals surface area contributed by atoms with Crippen LogP contribution in [0.25, 0.3) is 0 Å². The van der Waals surface area contributed by atoms with E-state index < -0.39 is 0 Å². The molecule has 12 heavy (non-hydrogen) atoms. The van der Waals surface area contributed by atoms with Gasteiger partial charge in [0.25, 0.3) is 0 Å². The maximum atomic E-state index is 8.53. The molecule has 0 aromatic carbocycles. The molecule has 0 unspecified atom stereocenters. The van der Waals surface area contributed by atoms with E-state index in [4.69, 9.17) is 5.26 Å². The first kappa shape index (κ1) is 9.28. The summed E-state index contributed by atoms with van der Waals surface area (Å²) in [5, 5.41) is 8.53. The zero-order valence-electron chi connectivity index (χ0n) is 8.09. The number of hydrogen-bond donors (Lipinski definition) is 0. The van der Waals surface area contributed by atoms with Crippen molar-refractivity contribution in [1.29, 1.82) is 5.26 Å². The minimum Gasteiger partial charge on any atom is -0.283 e. The number of nitrogens with zero attached hydrogens (tertiary/aromatic N) is 2. The third-order valence-corrected chi connectivity index (χ3v) is 2.39. The topological polar surface area (TPSA) is 27.0 Å². The third-order valence-electron chi connectivity index (χ3n) is 2.39. The van der Waals surface area contributed by atoms with Crippen LogP contribution < -0.4 is 0 Å². The van der Waals surface area contributed by atoms with Gasteiger partial charge in [-0.25, -0.2) is 0 Å². The smallest absolute Gasteiger partial charge is 0.0871 e. The summed E-state index contributed by atoms with van der Waals surface area (Å²) in [6, 6.07) is 2.19. The summed E-state index contributed by atoms with van der Waals surface area (Å²) in [7, 11) is 0. The molecule has 66 valence electrons. The van der Waals surface area contributed by atoms with Crippen molar-refractivity contribution < 1.29 is 0 Å². The molecular weight excluding hydrogens is 148 g/mol. The highest BCUT2D eigenvalue weighted by atomic mass is 15.1. The summed E-state index contributed by atoms with van der Waals surface area (Å²) in [6.45, 7) is 9.15. The van der Waals surface area contributed by atoms with Gasteiger partial charge in [-0.2, -0.15) is 5.26 Å². The predicted molar refractivity (Wildman–Crippen MR) is 49.6 cm³/mol. The Kier molecular flexibility index (Phi) is 2.88. The molecule has 0 saturated heterocycles. The fraction of sp³-hybridized carbons (Fsp3) is 0.700. The Balaban J connectivity index is 2.57. The van der Waals surface area contributed by atoms with Gasteiger partial charge in [0.2, 0.25) is 0 Å². The molecule has 0 aliphatic carbocycles.